The lowest BCUT2D eigenvalue weighted by Gasteiger charge is -2.13. The zero-order valence-electron chi connectivity index (χ0n) is 19.1. The molecule has 0 bridgehead atoms. The Labute approximate surface area is 208 Å². The van der Waals surface area contributed by atoms with Gasteiger partial charge in [0.25, 0.3) is 5.91 Å². The second-order valence-electron chi connectivity index (χ2n) is 7.90. The quantitative estimate of drug-likeness (QED) is 0.254. The van der Waals surface area contributed by atoms with Crippen molar-refractivity contribution in [1.82, 2.24) is 20.9 Å². The second kappa shape index (κ2) is 13.3. The van der Waals surface area contributed by atoms with Crippen molar-refractivity contribution in [1.29, 1.82) is 0 Å². The summed E-state index contributed by atoms with van der Waals surface area (Å²) in [6.45, 7) is 3.60. The van der Waals surface area contributed by atoms with Gasteiger partial charge in [-0.15, -0.1) is 24.0 Å². The fourth-order valence-corrected chi connectivity index (χ4v) is 3.44. The number of nitrogens with zero attached hydrogens (tertiary/aromatic N) is 2. The van der Waals surface area contributed by atoms with Crippen LogP contribution in [0.15, 0.2) is 47.5 Å². The van der Waals surface area contributed by atoms with E-state index in [1.54, 1.807) is 7.05 Å². The SMILES string of the molecule is CN=C(NCCc1ccc2c(c1)CCO2)NCc1cccc(C(=O)NCCN(C)C)c1.I. The lowest BCUT2D eigenvalue weighted by Crippen LogP contribution is -2.38. The number of carbonyl (C=O) groups is 1. The monoisotopic (exact) mass is 551 g/mol. The highest BCUT2D eigenvalue weighted by Crippen LogP contribution is 2.25. The van der Waals surface area contributed by atoms with Crippen LogP contribution in [-0.2, 0) is 19.4 Å². The molecule has 0 aromatic heterocycles. The number of benzene rings is 2. The van der Waals surface area contributed by atoms with E-state index in [4.69, 9.17) is 4.74 Å². The van der Waals surface area contributed by atoms with Crippen LogP contribution in [-0.4, -0.2) is 64.2 Å². The molecule has 0 saturated heterocycles. The van der Waals surface area contributed by atoms with E-state index in [9.17, 15) is 4.79 Å². The zero-order valence-corrected chi connectivity index (χ0v) is 21.4. The summed E-state index contributed by atoms with van der Waals surface area (Å²) < 4.78 is 5.57. The molecule has 0 radical (unpaired) electrons. The smallest absolute Gasteiger partial charge is 0.251 e. The van der Waals surface area contributed by atoms with Crippen LogP contribution >= 0.6 is 24.0 Å². The van der Waals surface area contributed by atoms with Gasteiger partial charge in [-0.1, -0.05) is 24.3 Å². The molecule has 2 aromatic rings. The summed E-state index contributed by atoms with van der Waals surface area (Å²) in [5.41, 5.74) is 4.29. The van der Waals surface area contributed by atoms with Crippen LogP contribution in [0.25, 0.3) is 0 Å². The van der Waals surface area contributed by atoms with Crippen LogP contribution in [0, 0.1) is 0 Å². The standard InChI is InChI=1S/C24H33N5O2.HI/c1-25-24(27-11-9-18-7-8-22-20(15-18)10-14-31-22)28-17-19-5-4-6-21(16-19)23(30)26-12-13-29(2)3;/h4-8,15-16H,9-14,17H2,1-3H3,(H,26,30)(H2,25,27,28);1H. The topological polar surface area (TPSA) is 78.0 Å². The maximum absolute atomic E-state index is 12.3. The number of aliphatic imine (C=N–C) groups is 1. The molecule has 0 spiro atoms. The molecule has 1 heterocycles. The van der Waals surface area contributed by atoms with Crippen molar-refractivity contribution in [2.24, 2.45) is 4.99 Å². The Bertz CT molecular complexity index is 917. The molecule has 1 aliphatic heterocycles. The number of hydrogen-bond acceptors (Lipinski definition) is 4. The van der Waals surface area contributed by atoms with E-state index < -0.39 is 0 Å². The predicted octanol–water partition coefficient (Wildman–Crippen LogP) is 2.44. The van der Waals surface area contributed by atoms with Crippen molar-refractivity contribution in [3.63, 3.8) is 0 Å². The Morgan fingerprint density at radius 1 is 1.06 bits per heavy atom. The maximum atomic E-state index is 12.3. The van der Waals surface area contributed by atoms with Crippen molar-refractivity contribution in [3.8, 4) is 5.75 Å². The number of guanidine groups is 1. The van der Waals surface area contributed by atoms with Gasteiger partial charge in [-0.2, -0.15) is 0 Å². The summed E-state index contributed by atoms with van der Waals surface area (Å²) in [6.07, 6.45) is 1.91. The number of carbonyl (C=O) groups excluding carboxylic acids is 1. The average molecular weight is 551 g/mol. The molecular weight excluding hydrogens is 517 g/mol. The molecule has 174 valence electrons. The molecule has 1 amide bonds. The zero-order chi connectivity index (χ0) is 22.1. The Balaban J connectivity index is 0.00000363. The summed E-state index contributed by atoms with van der Waals surface area (Å²) in [5.74, 6) is 1.71. The molecule has 0 fully saturated rings. The van der Waals surface area contributed by atoms with E-state index in [1.165, 1.54) is 11.1 Å². The highest BCUT2D eigenvalue weighted by Gasteiger charge is 2.12. The fraction of sp³-hybridized carbons (Fsp3) is 0.417. The van der Waals surface area contributed by atoms with Crippen LogP contribution in [0.5, 0.6) is 5.75 Å². The lowest BCUT2D eigenvalue weighted by molar-refractivity contribution is 0.0951. The number of nitrogens with one attached hydrogen (secondary N) is 3. The average Bonchev–Trinajstić information content (AvgIpc) is 3.24. The summed E-state index contributed by atoms with van der Waals surface area (Å²) in [7, 11) is 5.73. The lowest BCUT2D eigenvalue weighted by atomic mass is 10.1. The number of rotatable bonds is 9. The van der Waals surface area contributed by atoms with Crippen LogP contribution in [0.3, 0.4) is 0 Å². The van der Waals surface area contributed by atoms with Gasteiger partial charge >= 0.3 is 0 Å². The molecule has 0 unspecified atom stereocenters. The summed E-state index contributed by atoms with van der Waals surface area (Å²) >= 11 is 0. The third-order valence-corrected chi connectivity index (χ3v) is 5.18. The molecule has 2 aromatic carbocycles. The minimum Gasteiger partial charge on any atom is -0.493 e. The minimum absolute atomic E-state index is 0. The van der Waals surface area contributed by atoms with Gasteiger partial charge in [0.15, 0.2) is 5.96 Å². The minimum atomic E-state index is -0.0500. The molecular formula is C24H34IN5O2. The van der Waals surface area contributed by atoms with E-state index in [0.717, 1.165) is 49.8 Å². The van der Waals surface area contributed by atoms with Gasteiger partial charge in [0.05, 0.1) is 6.61 Å². The first-order chi connectivity index (χ1) is 15.0. The normalized spacial score (nSPS) is 12.6. The molecule has 32 heavy (non-hydrogen) atoms. The Kier molecular flexibility index (Phi) is 10.8. The van der Waals surface area contributed by atoms with E-state index in [0.29, 0.717) is 18.7 Å². The number of hydrogen-bond donors (Lipinski definition) is 3. The Hall–Kier alpha value is -2.33. The van der Waals surface area contributed by atoms with Crippen molar-refractivity contribution in [2.45, 2.75) is 19.4 Å². The van der Waals surface area contributed by atoms with E-state index in [2.05, 4.69) is 39.1 Å². The highest BCUT2D eigenvalue weighted by atomic mass is 127. The first-order valence-corrected chi connectivity index (χ1v) is 10.8. The maximum Gasteiger partial charge on any atom is 0.251 e. The predicted molar refractivity (Wildman–Crippen MR) is 140 cm³/mol. The Morgan fingerprint density at radius 3 is 2.69 bits per heavy atom. The Morgan fingerprint density at radius 2 is 1.91 bits per heavy atom. The summed E-state index contributed by atoms with van der Waals surface area (Å²) in [6, 6.07) is 14.1. The van der Waals surface area contributed by atoms with E-state index in [-0.39, 0.29) is 29.9 Å². The van der Waals surface area contributed by atoms with Crippen LogP contribution < -0.4 is 20.7 Å². The third kappa shape index (κ3) is 7.98. The third-order valence-electron chi connectivity index (χ3n) is 5.18. The molecule has 8 heteroatoms. The van der Waals surface area contributed by atoms with Crippen molar-refractivity contribution < 1.29 is 9.53 Å². The van der Waals surface area contributed by atoms with Crippen molar-refractivity contribution >= 4 is 35.8 Å². The number of amides is 1. The van der Waals surface area contributed by atoms with E-state index in [1.807, 2.05) is 43.3 Å². The number of ether oxygens (including phenoxy) is 1. The van der Waals surface area contributed by atoms with Crippen molar-refractivity contribution in [3.05, 3.63) is 64.7 Å². The molecule has 0 saturated carbocycles. The van der Waals surface area contributed by atoms with Gasteiger partial charge < -0.3 is 25.6 Å². The fourth-order valence-electron chi connectivity index (χ4n) is 3.44. The van der Waals surface area contributed by atoms with Crippen molar-refractivity contribution in [2.75, 3.05) is 47.4 Å². The number of fused-ring (bicyclic) bond motifs is 1. The van der Waals surface area contributed by atoms with Gasteiger partial charge in [0.2, 0.25) is 0 Å². The highest BCUT2D eigenvalue weighted by molar-refractivity contribution is 14.0. The largest absolute Gasteiger partial charge is 0.493 e. The van der Waals surface area contributed by atoms with Crippen LogP contribution in [0.2, 0.25) is 0 Å². The summed E-state index contributed by atoms with van der Waals surface area (Å²) in [5, 5.41) is 9.62. The molecule has 3 N–H and O–H groups in total. The second-order valence-corrected chi connectivity index (χ2v) is 7.90. The molecule has 1 aliphatic rings. The molecule has 0 aliphatic carbocycles. The first kappa shape index (κ1) is 25.9. The van der Waals surface area contributed by atoms with Gasteiger partial charge in [0.1, 0.15) is 5.75 Å². The van der Waals surface area contributed by atoms with Crippen LogP contribution in [0.1, 0.15) is 27.0 Å². The molecule has 3 rings (SSSR count). The van der Waals surface area contributed by atoms with Crippen LogP contribution in [0.4, 0.5) is 0 Å². The van der Waals surface area contributed by atoms with Gasteiger partial charge in [-0.3, -0.25) is 9.79 Å². The van der Waals surface area contributed by atoms with Gasteiger partial charge in [-0.25, -0.2) is 0 Å². The molecule has 7 nitrogen and oxygen atoms in total. The number of halogens is 1. The molecule has 0 atom stereocenters. The van der Waals surface area contributed by atoms with Gasteiger partial charge in [-0.05, 0) is 55.4 Å². The summed E-state index contributed by atoms with van der Waals surface area (Å²) in [4.78, 5) is 18.7. The first-order valence-electron chi connectivity index (χ1n) is 10.8. The van der Waals surface area contributed by atoms with E-state index >= 15 is 0 Å². The number of likely N-dealkylation sites (N-methyl/N-ethyl adjacent to an activating group) is 1. The van der Waals surface area contributed by atoms with Gasteiger partial charge in [0, 0.05) is 45.2 Å².